The highest BCUT2D eigenvalue weighted by atomic mass is 19.4. The smallest absolute Gasteiger partial charge is 0.418 e. The lowest BCUT2D eigenvalue weighted by atomic mass is 10.1. The number of hydrogen-bond acceptors (Lipinski definition) is 3. The van der Waals surface area contributed by atoms with Crippen LogP contribution in [0.5, 0.6) is 0 Å². The molecule has 104 valence electrons. The summed E-state index contributed by atoms with van der Waals surface area (Å²) in [6, 6.07) is 8.27. The second-order valence-electron chi connectivity index (χ2n) is 4.56. The van der Waals surface area contributed by atoms with E-state index in [9.17, 15) is 18.0 Å². The molecule has 1 saturated heterocycles. The van der Waals surface area contributed by atoms with Gasteiger partial charge in [-0.3, -0.25) is 4.90 Å². The van der Waals surface area contributed by atoms with Crippen molar-refractivity contribution in [1.82, 2.24) is 4.90 Å². The van der Waals surface area contributed by atoms with Gasteiger partial charge in [-0.05, 0) is 12.5 Å². The molecule has 0 aliphatic carbocycles. The number of carbonyl (C=O) groups is 1. The third-order valence-corrected chi connectivity index (χ3v) is 3.53. The quantitative estimate of drug-likeness (QED) is 0.626. The highest BCUT2D eigenvalue weighted by Crippen LogP contribution is 2.51. The van der Waals surface area contributed by atoms with Crippen LogP contribution in [0.15, 0.2) is 30.3 Å². The van der Waals surface area contributed by atoms with E-state index >= 15 is 0 Å². The number of hydrogen-bond donors (Lipinski definition) is 0. The maximum atomic E-state index is 13.1. The van der Waals surface area contributed by atoms with Gasteiger partial charge < -0.3 is 4.74 Å². The van der Waals surface area contributed by atoms with E-state index in [0.29, 0.717) is 0 Å². The Balaban J connectivity index is 2.27. The lowest BCUT2D eigenvalue weighted by Gasteiger charge is -2.22. The van der Waals surface area contributed by atoms with Crippen molar-refractivity contribution in [3.05, 3.63) is 35.9 Å². The first-order valence-corrected chi connectivity index (χ1v) is 5.81. The molecular weight excluding hydrogens is 259 g/mol. The maximum Gasteiger partial charge on any atom is 0.418 e. The zero-order chi connectivity index (χ0) is 14.3. The molecule has 2 rings (SSSR count). The molecule has 0 radical (unpaired) electrons. The van der Waals surface area contributed by atoms with E-state index in [2.05, 4.69) is 4.74 Å². The molecule has 3 atom stereocenters. The van der Waals surface area contributed by atoms with Crippen LogP contribution in [-0.4, -0.2) is 36.2 Å². The van der Waals surface area contributed by atoms with E-state index in [1.54, 1.807) is 37.3 Å². The first kappa shape index (κ1) is 13.9. The number of halogens is 3. The minimum atomic E-state index is -4.64. The summed E-state index contributed by atoms with van der Waals surface area (Å²) in [5.41, 5.74) is -1.76. The van der Waals surface area contributed by atoms with Crippen LogP contribution in [-0.2, 0) is 9.53 Å². The monoisotopic (exact) mass is 273 g/mol. The van der Waals surface area contributed by atoms with Gasteiger partial charge in [0.1, 0.15) is 0 Å². The predicted octanol–water partition coefficient (Wildman–Crippen LogP) is 2.54. The first-order valence-electron chi connectivity index (χ1n) is 5.81. The van der Waals surface area contributed by atoms with Gasteiger partial charge in [0.15, 0.2) is 0 Å². The van der Waals surface area contributed by atoms with Crippen molar-refractivity contribution in [2.24, 2.45) is 0 Å². The summed E-state index contributed by atoms with van der Waals surface area (Å²) in [7, 11) is 0.972. The van der Waals surface area contributed by atoms with Crippen LogP contribution >= 0.6 is 0 Å². The Hall–Kier alpha value is -1.56. The van der Waals surface area contributed by atoms with Crippen LogP contribution in [0.25, 0.3) is 0 Å². The number of esters is 1. The number of alkyl halides is 3. The highest BCUT2D eigenvalue weighted by molar-refractivity contribution is 5.86. The fourth-order valence-corrected chi connectivity index (χ4v) is 2.31. The van der Waals surface area contributed by atoms with Gasteiger partial charge in [-0.1, -0.05) is 30.3 Å². The summed E-state index contributed by atoms with van der Waals surface area (Å²) in [6.07, 6.45) is -4.64. The maximum absolute atomic E-state index is 13.1. The largest absolute Gasteiger partial charge is 0.467 e. The molecule has 19 heavy (non-hydrogen) atoms. The van der Waals surface area contributed by atoms with Crippen molar-refractivity contribution in [1.29, 1.82) is 0 Å². The normalized spacial score (nSPS) is 27.7. The molecule has 1 aromatic carbocycles. The molecule has 0 N–H and O–H groups in total. The van der Waals surface area contributed by atoms with E-state index in [1.807, 2.05) is 0 Å². The zero-order valence-electron chi connectivity index (χ0n) is 10.6. The second-order valence-corrected chi connectivity index (χ2v) is 4.56. The van der Waals surface area contributed by atoms with E-state index in [0.717, 1.165) is 17.6 Å². The van der Waals surface area contributed by atoms with Gasteiger partial charge in [-0.2, -0.15) is 13.2 Å². The van der Waals surface area contributed by atoms with Gasteiger partial charge in [0.05, 0.1) is 7.11 Å². The van der Waals surface area contributed by atoms with E-state index in [4.69, 9.17) is 0 Å². The molecule has 0 saturated carbocycles. The molecule has 3 nitrogen and oxygen atoms in total. The lowest BCUT2D eigenvalue weighted by Crippen LogP contribution is -2.45. The number of carbonyl (C=O) groups excluding carboxylic acids is 1. The van der Waals surface area contributed by atoms with Crippen LogP contribution in [0.3, 0.4) is 0 Å². The Kier molecular flexibility index (Phi) is 3.30. The van der Waals surface area contributed by atoms with Crippen LogP contribution in [0.4, 0.5) is 13.2 Å². The Morgan fingerprint density at radius 1 is 1.37 bits per heavy atom. The topological polar surface area (TPSA) is 29.3 Å². The Morgan fingerprint density at radius 3 is 2.42 bits per heavy atom. The number of benzene rings is 1. The van der Waals surface area contributed by atoms with Gasteiger partial charge in [0, 0.05) is 12.6 Å². The van der Waals surface area contributed by atoms with Crippen molar-refractivity contribution in [3.8, 4) is 0 Å². The standard InChI is InChI=1S/C13H14F3NO2/c1-9(10-6-4-3-5-7-10)17-8-12(17,11(18)19-2)13(14,15)16/h3-7,9H,8H2,1-2H3/t9-,12+,17?/m0/s1. The SMILES string of the molecule is COC(=O)[C@@]1(C(F)(F)F)CN1[C@@H](C)c1ccccc1. The molecule has 1 unspecified atom stereocenters. The minimum Gasteiger partial charge on any atom is -0.467 e. The molecule has 0 aromatic heterocycles. The van der Waals surface area contributed by atoms with Crippen LogP contribution in [0, 0.1) is 0 Å². The molecule has 0 spiro atoms. The van der Waals surface area contributed by atoms with Gasteiger partial charge in [-0.15, -0.1) is 0 Å². The minimum absolute atomic E-state index is 0.362. The molecular formula is C13H14F3NO2. The number of ether oxygens (including phenoxy) is 1. The van der Waals surface area contributed by atoms with E-state index in [-0.39, 0.29) is 6.54 Å². The number of nitrogens with zero attached hydrogens (tertiary/aromatic N) is 1. The van der Waals surface area contributed by atoms with Crippen LogP contribution < -0.4 is 0 Å². The summed E-state index contributed by atoms with van der Waals surface area (Å²) in [5, 5.41) is 0. The Morgan fingerprint density at radius 2 is 1.95 bits per heavy atom. The van der Waals surface area contributed by atoms with Crippen molar-refractivity contribution < 1.29 is 22.7 Å². The molecule has 0 amide bonds. The third-order valence-electron chi connectivity index (χ3n) is 3.53. The van der Waals surface area contributed by atoms with Crippen LogP contribution in [0.1, 0.15) is 18.5 Å². The molecule has 0 bridgehead atoms. The summed E-state index contributed by atoms with van der Waals surface area (Å²) in [6.45, 7) is 1.28. The molecule has 1 aromatic rings. The van der Waals surface area contributed by atoms with Gasteiger partial charge in [-0.25, -0.2) is 4.79 Å². The highest BCUT2D eigenvalue weighted by Gasteiger charge is 2.76. The number of methoxy groups -OCH3 is 1. The molecule has 1 fully saturated rings. The van der Waals surface area contributed by atoms with E-state index < -0.39 is 23.7 Å². The Bertz CT molecular complexity index is 475. The van der Waals surface area contributed by atoms with Crippen molar-refractivity contribution in [2.75, 3.05) is 13.7 Å². The van der Waals surface area contributed by atoms with Gasteiger partial charge in [0.25, 0.3) is 0 Å². The zero-order valence-corrected chi connectivity index (χ0v) is 10.6. The fraction of sp³-hybridized carbons (Fsp3) is 0.462. The summed E-state index contributed by atoms with van der Waals surface area (Å²) in [5.74, 6) is -1.25. The second kappa shape index (κ2) is 4.52. The molecule has 6 heteroatoms. The van der Waals surface area contributed by atoms with Gasteiger partial charge >= 0.3 is 12.1 Å². The number of rotatable bonds is 3. The fourth-order valence-electron chi connectivity index (χ4n) is 2.31. The first-order chi connectivity index (χ1) is 8.84. The molecule has 1 aliphatic heterocycles. The summed E-state index contributed by atoms with van der Waals surface area (Å²) < 4.78 is 43.7. The summed E-state index contributed by atoms with van der Waals surface area (Å²) >= 11 is 0. The van der Waals surface area contributed by atoms with Crippen LogP contribution in [0.2, 0.25) is 0 Å². The average Bonchev–Trinajstić information content (AvgIpc) is 3.14. The third kappa shape index (κ3) is 2.10. The van der Waals surface area contributed by atoms with Crippen molar-refractivity contribution in [2.45, 2.75) is 24.7 Å². The molecule has 1 heterocycles. The van der Waals surface area contributed by atoms with Crippen molar-refractivity contribution >= 4 is 5.97 Å². The molecule has 1 aliphatic rings. The van der Waals surface area contributed by atoms with E-state index in [1.165, 1.54) is 0 Å². The predicted molar refractivity (Wildman–Crippen MR) is 62.4 cm³/mol. The average molecular weight is 273 g/mol. The Labute approximate surface area is 109 Å². The summed E-state index contributed by atoms with van der Waals surface area (Å²) in [4.78, 5) is 12.6. The van der Waals surface area contributed by atoms with Crippen molar-refractivity contribution in [3.63, 3.8) is 0 Å². The van der Waals surface area contributed by atoms with Gasteiger partial charge in [0.2, 0.25) is 5.54 Å². The lowest BCUT2D eigenvalue weighted by molar-refractivity contribution is -0.194.